The molecule has 0 saturated heterocycles. The molecular weight excluding hydrogens is 340 g/mol. The Kier molecular flexibility index (Phi) is 4.00. The summed E-state index contributed by atoms with van der Waals surface area (Å²) in [4.78, 5) is 3.28. The zero-order chi connectivity index (χ0) is 19.1. The Morgan fingerprint density at radius 2 is 2.11 bits per heavy atom. The smallest absolute Gasteiger partial charge is 0.218 e. The Balaban J connectivity index is 1.99. The molecule has 0 aliphatic carbocycles. The maximum absolute atomic E-state index is 10.9. The Labute approximate surface area is 156 Å². The standard InChI is InChI=1S/C21H20N4O2/c1-4-17(19-14-7-8-23-20(14)12(2)9-18(19)27-3)25-21(26)15-10-13(11-22)5-6-16(15)24-25/h5-10,17,23,26H,4H2,1-3H3. The molecule has 1 atom stereocenters. The van der Waals surface area contributed by atoms with E-state index in [1.54, 1.807) is 30.0 Å². The Bertz CT molecular complexity index is 1200. The van der Waals surface area contributed by atoms with E-state index >= 15 is 0 Å². The number of hydrogen-bond acceptors (Lipinski definition) is 4. The van der Waals surface area contributed by atoms with Crippen LogP contribution in [0.2, 0.25) is 0 Å². The molecule has 1 unspecified atom stereocenters. The lowest BCUT2D eigenvalue weighted by molar-refractivity contribution is 0.363. The van der Waals surface area contributed by atoms with Crippen LogP contribution in [0.3, 0.4) is 0 Å². The quantitative estimate of drug-likeness (QED) is 0.564. The highest BCUT2D eigenvalue weighted by Gasteiger charge is 2.25. The number of nitriles is 1. The minimum atomic E-state index is -0.211. The Morgan fingerprint density at radius 1 is 1.30 bits per heavy atom. The van der Waals surface area contributed by atoms with Crippen molar-refractivity contribution in [1.82, 2.24) is 14.8 Å². The number of nitrogens with one attached hydrogen (secondary N) is 1. The summed E-state index contributed by atoms with van der Waals surface area (Å²) < 4.78 is 7.31. The number of aromatic amines is 1. The summed E-state index contributed by atoms with van der Waals surface area (Å²) >= 11 is 0. The molecule has 0 saturated carbocycles. The average molecular weight is 360 g/mol. The summed E-state index contributed by atoms with van der Waals surface area (Å²) in [6.07, 6.45) is 2.62. The molecule has 4 aromatic rings. The van der Waals surface area contributed by atoms with Gasteiger partial charge in [-0.05, 0) is 49.2 Å². The van der Waals surface area contributed by atoms with Crippen molar-refractivity contribution < 1.29 is 9.84 Å². The van der Waals surface area contributed by atoms with Crippen molar-refractivity contribution in [1.29, 1.82) is 5.26 Å². The number of methoxy groups -OCH3 is 1. The van der Waals surface area contributed by atoms with Crippen molar-refractivity contribution in [3.8, 4) is 17.7 Å². The van der Waals surface area contributed by atoms with Crippen LogP contribution in [-0.4, -0.2) is 27.0 Å². The molecule has 4 rings (SSSR count). The van der Waals surface area contributed by atoms with Gasteiger partial charge in [-0.3, -0.25) is 0 Å². The van der Waals surface area contributed by atoms with E-state index in [-0.39, 0.29) is 11.9 Å². The van der Waals surface area contributed by atoms with Crippen LogP contribution in [0.4, 0.5) is 0 Å². The van der Waals surface area contributed by atoms with E-state index in [4.69, 9.17) is 10.00 Å². The summed E-state index contributed by atoms with van der Waals surface area (Å²) in [5, 5.41) is 26.2. The molecule has 0 spiro atoms. The molecule has 0 amide bonds. The third-order valence-electron chi connectivity index (χ3n) is 5.08. The Hall–Kier alpha value is -3.46. The van der Waals surface area contributed by atoms with Crippen molar-refractivity contribution >= 4 is 21.8 Å². The van der Waals surface area contributed by atoms with Gasteiger partial charge >= 0.3 is 0 Å². The van der Waals surface area contributed by atoms with Crippen molar-refractivity contribution in [2.45, 2.75) is 26.3 Å². The Morgan fingerprint density at radius 3 is 2.81 bits per heavy atom. The van der Waals surface area contributed by atoms with Crippen molar-refractivity contribution in [2.75, 3.05) is 7.11 Å². The van der Waals surface area contributed by atoms with Gasteiger partial charge in [0.25, 0.3) is 0 Å². The molecule has 6 heteroatoms. The number of aryl methyl sites for hydroxylation is 1. The van der Waals surface area contributed by atoms with Crippen LogP contribution in [0.1, 0.15) is 36.1 Å². The minimum Gasteiger partial charge on any atom is -0.496 e. The summed E-state index contributed by atoms with van der Waals surface area (Å²) in [6.45, 7) is 4.09. The summed E-state index contributed by atoms with van der Waals surface area (Å²) in [6, 6.07) is 11.1. The number of fused-ring (bicyclic) bond motifs is 2. The van der Waals surface area contributed by atoms with Crippen molar-refractivity contribution in [2.24, 2.45) is 0 Å². The second kappa shape index (κ2) is 6.36. The van der Waals surface area contributed by atoms with Crippen molar-refractivity contribution in [3.05, 3.63) is 53.2 Å². The van der Waals surface area contributed by atoms with Crippen LogP contribution < -0.4 is 4.74 Å². The fourth-order valence-electron chi connectivity index (χ4n) is 3.79. The van der Waals surface area contributed by atoms with Crippen LogP contribution in [0.15, 0.2) is 36.5 Å². The first-order valence-corrected chi connectivity index (χ1v) is 8.85. The maximum atomic E-state index is 10.9. The van der Waals surface area contributed by atoms with Crippen LogP contribution in [0.5, 0.6) is 11.6 Å². The predicted molar refractivity (Wildman–Crippen MR) is 104 cm³/mol. The molecule has 2 aromatic carbocycles. The molecule has 2 aromatic heterocycles. The topological polar surface area (TPSA) is 86.9 Å². The molecule has 0 bridgehead atoms. The number of benzene rings is 2. The lowest BCUT2D eigenvalue weighted by Crippen LogP contribution is -2.13. The molecule has 2 N–H and O–H groups in total. The van der Waals surface area contributed by atoms with Gasteiger partial charge in [0, 0.05) is 22.7 Å². The number of H-pyrrole nitrogens is 1. The minimum absolute atomic E-state index is 0.0558. The maximum Gasteiger partial charge on any atom is 0.218 e. The van der Waals surface area contributed by atoms with E-state index < -0.39 is 0 Å². The number of rotatable bonds is 4. The number of aromatic hydroxyl groups is 1. The summed E-state index contributed by atoms with van der Waals surface area (Å²) in [5.74, 6) is 0.823. The molecule has 0 aliphatic rings. The van der Waals surface area contributed by atoms with E-state index in [2.05, 4.69) is 23.1 Å². The van der Waals surface area contributed by atoms with Crippen LogP contribution in [0, 0.1) is 18.3 Å². The van der Waals surface area contributed by atoms with Crippen LogP contribution >= 0.6 is 0 Å². The highest BCUT2D eigenvalue weighted by molar-refractivity contribution is 5.89. The summed E-state index contributed by atoms with van der Waals surface area (Å²) in [7, 11) is 1.65. The summed E-state index contributed by atoms with van der Waals surface area (Å²) in [5.41, 5.74) is 4.27. The number of ether oxygens (including phenoxy) is 1. The van der Waals surface area contributed by atoms with Gasteiger partial charge in [-0.1, -0.05) is 6.92 Å². The lowest BCUT2D eigenvalue weighted by atomic mass is 9.97. The first-order valence-electron chi connectivity index (χ1n) is 8.85. The number of nitrogens with zero attached hydrogens (tertiary/aromatic N) is 3. The lowest BCUT2D eigenvalue weighted by Gasteiger charge is -2.21. The van der Waals surface area contributed by atoms with E-state index in [1.165, 1.54) is 0 Å². The molecule has 27 heavy (non-hydrogen) atoms. The molecule has 136 valence electrons. The van der Waals surface area contributed by atoms with E-state index in [0.29, 0.717) is 22.9 Å². The van der Waals surface area contributed by atoms with E-state index in [9.17, 15) is 5.11 Å². The first kappa shape index (κ1) is 17.0. The first-order chi connectivity index (χ1) is 13.1. The fourth-order valence-corrected chi connectivity index (χ4v) is 3.79. The second-order valence-corrected chi connectivity index (χ2v) is 6.61. The third kappa shape index (κ3) is 2.51. The largest absolute Gasteiger partial charge is 0.496 e. The highest BCUT2D eigenvalue weighted by Crippen LogP contribution is 2.40. The van der Waals surface area contributed by atoms with Crippen LogP contribution in [0.25, 0.3) is 21.8 Å². The van der Waals surface area contributed by atoms with Gasteiger partial charge in [0.05, 0.1) is 35.7 Å². The zero-order valence-corrected chi connectivity index (χ0v) is 15.4. The van der Waals surface area contributed by atoms with E-state index in [1.807, 2.05) is 25.3 Å². The van der Waals surface area contributed by atoms with Crippen LogP contribution in [-0.2, 0) is 0 Å². The number of aromatic nitrogens is 3. The van der Waals surface area contributed by atoms with Gasteiger partial charge in [-0.15, -0.1) is 0 Å². The normalized spacial score (nSPS) is 12.4. The molecule has 0 radical (unpaired) electrons. The fraction of sp³-hybridized carbons (Fsp3) is 0.238. The highest BCUT2D eigenvalue weighted by atomic mass is 16.5. The third-order valence-corrected chi connectivity index (χ3v) is 5.08. The molecule has 0 aliphatic heterocycles. The molecule has 6 nitrogen and oxygen atoms in total. The van der Waals surface area contributed by atoms with Crippen molar-refractivity contribution in [3.63, 3.8) is 0 Å². The molecular formula is C21H20N4O2. The predicted octanol–water partition coefficient (Wildman–Crippen LogP) is 4.41. The van der Waals surface area contributed by atoms with Gasteiger partial charge in [-0.25, -0.2) is 4.68 Å². The SMILES string of the molecule is CCC(c1c(OC)cc(C)c2[nH]ccc12)n1nc2ccc(C#N)cc2c1O. The zero-order valence-electron chi connectivity index (χ0n) is 15.4. The van der Waals surface area contributed by atoms with Gasteiger partial charge in [0.2, 0.25) is 5.88 Å². The van der Waals surface area contributed by atoms with Gasteiger partial charge in [0.1, 0.15) is 5.75 Å². The monoisotopic (exact) mass is 360 g/mol. The molecule has 0 fully saturated rings. The van der Waals surface area contributed by atoms with E-state index in [0.717, 1.165) is 27.8 Å². The average Bonchev–Trinajstić information content (AvgIpc) is 3.29. The van der Waals surface area contributed by atoms with Gasteiger partial charge in [0.15, 0.2) is 0 Å². The second-order valence-electron chi connectivity index (χ2n) is 6.61. The van der Waals surface area contributed by atoms with Gasteiger partial charge < -0.3 is 14.8 Å². The van der Waals surface area contributed by atoms with Gasteiger partial charge in [-0.2, -0.15) is 10.4 Å². The number of hydrogen-bond donors (Lipinski definition) is 2. The molecule has 2 heterocycles.